The minimum absolute atomic E-state index is 0.237. The molecule has 0 aliphatic rings. The van der Waals surface area contributed by atoms with E-state index in [9.17, 15) is 9.59 Å². The van der Waals surface area contributed by atoms with E-state index in [-0.39, 0.29) is 5.91 Å². The van der Waals surface area contributed by atoms with Gasteiger partial charge in [0.05, 0.1) is 5.56 Å². The van der Waals surface area contributed by atoms with E-state index in [2.05, 4.69) is 39.2 Å². The topological polar surface area (TPSA) is 84.2 Å². The van der Waals surface area contributed by atoms with E-state index in [0.29, 0.717) is 28.0 Å². The molecule has 1 aromatic carbocycles. The third-order valence-corrected chi connectivity index (χ3v) is 2.87. The molecule has 1 rings (SSSR count). The number of primary amides is 1. The van der Waals surface area contributed by atoms with Crippen molar-refractivity contribution in [2.45, 2.75) is 4.90 Å². The van der Waals surface area contributed by atoms with Gasteiger partial charge in [-0.15, -0.1) is 12.6 Å². The van der Waals surface area contributed by atoms with Crippen LogP contribution in [0.4, 0.5) is 4.79 Å². The predicted octanol–water partition coefficient (Wildman–Crippen LogP) is 1.14. The molecule has 0 atom stereocenters. The smallest absolute Gasteiger partial charge is 0.312 e. The van der Waals surface area contributed by atoms with Gasteiger partial charge in [0, 0.05) is 22.5 Å². The summed E-state index contributed by atoms with van der Waals surface area (Å²) in [5, 5.41) is 5.02. The van der Waals surface area contributed by atoms with Crippen LogP contribution in [0.1, 0.15) is 10.4 Å². The van der Waals surface area contributed by atoms with Gasteiger partial charge in [-0.25, -0.2) is 4.79 Å². The van der Waals surface area contributed by atoms with Gasteiger partial charge in [-0.05, 0) is 34.1 Å². The Balaban J connectivity index is 2.52. The van der Waals surface area contributed by atoms with Gasteiger partial charge in [0.1, 0.15) is 0 Å². The Kier molecular flexibility index (Phi) is 5.30. The van der Waals surface area contributed by atoms with E-state index in [1.54, 1.807) is 18.2 Å². The first-order valence-electron chi connectivity index (χ1n) is 4.80. The summed E-state index contributed by atoms with van der Waals surface area (Å²) in [6.45, 7) is 0.601. The molecule has 0 saturated heterocycles. The molecular weight excluding hydrogens is 306 g/mol. The van der Waals surface area contributed by atoms with Crippen molar-refractivity contribution in [1.29, 1.82) is 0 Å². The van der Waals surface area contributed by atoms with Gasteiger partial charge in [-0.1, -0.05) is 0 Å². The Morgan fingerprint density at radius 2 is 1.94 bits per heavy atom. The average molecular weight is 318 g/mol. The number of thiol groups is 1. The fourth-order valence-electron chi connectivity index (χ4n) is 1.14. The zero-order valence-corrected chi connectivity index (χ0v) is 11.3. The Morgan fingerprint density at radius 1 is 1.29 bits per heavy atom. The van der Waals surface area contributed by atoms with Gasteiger partial charge >= 0.3 is 6.03 Å². The molecule has 0 aromatic heterocycles. The zero-order valence-electron chi connectivity index (χ0n) is 8.87. The van der Waals surface area contributed by atoms with Crippen LogP contribution >= 0.6 is 28.6 Å². The van der Waals surface area contributed by atoms with Crippen molar-refractivity contribution in [3.8, 4) is 0 Å². The van der Waals surface area contributed by atoms with Crippen LogP contribution in [0, 0.1) is 0 Å². The number of hydrogen-bond donors (Lipinski definition) is 4. The maximum atomic E-state index is 11.7. The summed E-state index contributed by atoms with van der Waals surface area (Å²) in [6.07, 6.45) is 0. The molecule has 0 bridgehead atoms. The van der Waals surface area contributed by atoms with E-state index < -0.39 is 6.03 Å². The highest BCUT2D eigenvalue weighted by atomic mass is 79.9. The van der Waals surface area contributed by atoms with Crippen LogP contribution in [0.3, 0.4) is 0 Å². The first kappa shape index (κ1) is 13.9. The van der Waals surface area contributed by atoms with E-state index in [1.165, 1.54) is 0 Å². The average Bonchev–Trinajstić information content (AvgIpc) is 2.27. The number of amides is 3. The molecule has 0 aliphatic heterocycles. The van der Waals surface area contributed by atoms with E-state index >= 15 is 0 Å². The minimum Gasteiger partial charge on any atom is -0.352 e. The second-order valence-corrected chi connectivity index (χ2v) is 4.58. The van der Waals surface area contributed by atoms with Crippen molar-refractivity contribution in [2.75, 3.05) is 13.1 Å². The van der Waals surface area contributed by atoms with E-state index in [0.717, 1.165) is 0 Å². The molecule has 0 radical (unpaired) electrons. The molecule has 0 heterocycles. The van der Waals surface area contributed by atoms with Crippen LogP contribution in [0.2, 0.25) is 0 Å². The summed E-state index contributed by atoms with van der Waals surface area (Å²) in [4.78, 5) is 22.8. The third kappa shape index (κ3) is 4.66. The number of carbonyl (C=O) groups excluding carboxylic acids is 2. The second-order valence-electron chi connectivity index (χ2n) is 3.21. The van der Waals surface area contributed by atoms with Gasteiger partial charge in [0.2, 0.25) is 0 Å². The van der Waals surface area contributed by atoms with Crippen molar-refractivity contribution in [3.05, 3.63) is 28.2 Å². The largest absolute Gasteiger partial charge is 0.352 e. The van der Waals surface area contributed by atoms with Crippen molar-refractivity contribution in [1.82, 2.24) is 10.6 Å². The predicted molar refractivity (Wildman–Crippen MR) is 71.3 cm³/mol. The SMILES string of the molecule is NC(=O)NCCNC(=O)c1cc(S)ccc1Br. The molecule has 1 aromatic rings. The molecule has 0 unspecified atom stereocenters. The number of urea groups is 1. The van der Waals surface area contributed by atoms with Gasteiger partial charge in [-0.3, -0.25) is 4.79 Å². The Bertz CT molecular complexity index is 440. The minimum atomic E-state index is -0.613. The van der Waals surface area contributed by atoms with Gasteiger partial charge in [0.25, 0.3) is 5.91 Å². The first-order chi connectivity index (χ1) is 8.00. The Morgan fingerprint density at radius 3 is 2.59 bits per heavy atom. The summed E-state index contributed by atoms with van der Waals surface area (Å²) in [5.41, 5.74) is 5.38. The molecule has 0 spiro atoms. The molecule has 0 saturated carbocycles. The molecule has 7 heteroatoms. The van der Waals surface area contributed by atoms with Crippen molar-refractivity contribution < 1.29 is 9.59 Å². The zero-order chi connectivity index (χ0) is 12.8. The van der Waals surface area contributed by atoms with Crippen molar-refractivity contribution in [3.63, 3.8) is 0 Å². The number of halogens is 1. The van der Waals surface area contributed by atoms with Gasteiger partial charge < -0.3 is 16.4 Å². The summed E-state index contributed by atoms with van der Waals surface area (Å²) >= 11 is 7.44. The van der Waals surface area contributed by atoms with Crippen molar-refractivity contribution in [2.24, 2.45) is 5.73 Å². The second kappa shape index (κ2) is 6.51. The molecule has 0 fully saturated rings. The molecule has 92 valence electrons. The quantitative estimate of drug-likeness (QED) is 0.496. The normalized spacial score (nSPS) is 9.76. The lowest BCUT2D eigenvalue weighted by Gasteiger charge is -2.07. The Labute approximate surface area is 113 Å². The van der Waals surface area contributed by atoms with Crippen LogP contribution in [-0.2, 0) is 0 Å². The lowest BCUT2D eigenvalue weighted by atomic mass is 10.2. The molecule has 5 nitrogen and oxygen atoms in total. The van der Waals surface area contributed by atoms with Gasteiger partial charge in [0.15, 0.2) is 0 Å². The number of carbonyl (C=O) groups is 2. The number of hydrogen-bond acceptors (Lipinski definition) is 3. The van der Waals surface area contributed by atoms with Crippen LogP contribution in [0.25, 0.3) is 0 Å². The summed E-state index contributed by atoms with van der Waals surface area (Å²) < 4.78 is 0.690. The van der Waals surface area contributed by atoms with Gasteiger partial charge in [-0.2, -0.15) is 0 Å². The standard InChI is InChI=1S/C10H12BrN3O2S/c11-8-2-1-6(17)5-7(8)9(15)13-3-4-14-10(12)16/h1-2,5,17H,3-4H2,(H,13,15)(H3,12,14,16). The monoisotopic (exact) mass is 317 g/mol. The van der Waals surface area contributed by atoms with Crippen LogP contribution < -0.4 is 16.4 Å². The van der Waals surface area contributed by atoms with E-state index in [4.69, 9.17) is 5.73 Å². The first-order valence-corrected chi connectivity index (χ1v) is 6.04. The number of rotatable bonds is 4. The fraction of sp³-hybridized carbons (Fsp3) is 0.200. The molecule has 0 aliphatic carbocycles. The lowest BCUT2D eigenvalue weighted by Crippen LogP contribution is -2.37. The number of nitrogens with two attached hydrogens (primary N) is 1. The number of benzene rings is 1. The van der Waals surface area contributed by atoms with Crippen LogP contribution in [0.5, 0.6) is 0 Å². The summed E-state index contributed by atoms with van der Waals surface area (Å²) in [7, 11) is 0. The van der Waals surface area contributed by atoms with Crippen LogP contribution in [0.15, 0.2) is 27.6 Å². The number of nitrogens with one attached hydrogen (secondary N) is 2. The van der Waals surface area contributed by atoms with Crippen molar-refractivity contribution >= 4 is 40.5 Å². The summed E-state index contributed by atoms with van der Waals surface area (Å²) in [6, 6.07) is 4.57. The lowest BCUT2D eigenvalue weighted by molar-refractivity contribution is 0.0953. The molecule has 3 amide bonds. The fourth-order valence-corrected chi connectivity index (χ4v) is 1.77. The molecular formula is C10H12BrN3O2S. The highest BCUT2D eigenvalue weighted by Gasteiger charge is 2.09. The Hall–Kier alpha value is -1.21. The highest BCUT2D eigenvalue weighted by molar-refractivity contribution is 9.10. The highest BCUT2D eigenvalue weighted by Crippen LogP contribution is 2.19. The van der Waals surface area contributed by atoms with Crippen LogP contribution in [-0.4, -0.2) is 25.0 Å². The van der Waals surface area contributed by atoms with E-state index in [1.807, 2.05) is 0 Å². The maximum absolute atomic E-state index is 11.7. The third-order valence-electron chi connectivity index (χ3n) is 1.90. The summed E-state index contributed by atoms with van der Waals surface area (Å²) in [5.74, 6) is -0.237. The molecule has 17 heavy (non-hydrogen) atoms. The maximum Gasteiger partial charge on any atom is 0.312 e. The molecule has 4 N–H and O–H groups in total.